The number of amides is 1. The van der Waals surface area contributed by atoms with Gasteiger partial charge in [0.1, 0.15) is 6.61 Å². The summed E-state index contributed by atoms with van der Waals surface area (Å²) in [6.07, 6.45) is 1.34. The average Bonchev–Trinajstić information content (AvgIpc) is 2.62. The maximum Gasteiger partial charge on any atom is 0.408 e. The van der Waals surface area contributed by atoms with Crippen LogP contribution in [0.5, 0.6) is 0 Å². The molecule has 4 heteroatoms. The van der Waals surface area contributed by atoms with Gasteiger partial charge in [-0.3, -0.25) is 0 Å². The molecule has 0 bridgehead atoms. The Morgan fingerprint density at radius 1 is 1.00 bits per heavy atom. The molecule has 0 saturated heterocycles. The molecule has 1 amide bonds. The van der Waals surface area contributed by atoms with Gasteiger partial charge in [-0.05, 0) is 31.6 Å². The number of nitrogens with one attached hydrogen (secondary N) is 1. The van der Waals surface area contributed by atoms with Gasteiger partial charge in [0.25, 0.3) is 0 Å². The number of carbonyl (C=O) groups excluding carboxylic acids is 1. The number of benzene rings is 2. The second kappa shape index (κ2) is 9.23. The van der Waals surface area contributed by atoms with Gasteiger partial charge in [0.15, 0.2) is 0 Å². The largest absolute Gasteiger partial charge is 0.448 e. The molecule has 0 fully saturated rings. The third-order valence-electron chi connectivity index (χ3n) is 4.25. The van der Waals surface area contributed by atoms with Crippen LogP contribution in [0.1, 0.15) is 30.9 Å². The van der Waals surface area contributed by atoms with E-state index in [1.165, 1.54) is 0 Å². The molecule has 0 atom stereocenters. The minimum Gasteiger partial charge on any atom is -0.448 e. The van der Waals surface area contributed by atoms with Crippen LogP contribution in [-0.2, 0) is 10.3 Å². The second-order valence-corrected chi connectivity index (χ2v) is 6.45. The zero-order chi connectivity index (χ0) is 18.1. The number of carbonyl (C=O) groups is 1. The number of hydrogen-bond acceptors (Lipinski definition) is 3. The Kier molecular flexibility index (Phi) is 7.02. The predicted octanol–water partition coefficient (Wildman–Crippen LogP) is 4.02. The molecule has 25 heavy (non-hydrogen) atoms. The smallest absolute Gasteiger partial charge is 0.408 e. The number of alkyl carbamates (subject to hydrolysis) is 1. The van der Waals surface area contributed by atoms with E-state index in [0.717, 1.165) is 24.0 Å². The highest BCUT2D eigenvalue weighted by Gasteiger charge is 2.35. The molecule has 0 saturated carbocycles. The van der Waals surface area contributed by atoms with Crippen molar-refractivity contribution in [3.05, 3.63) is 71.8 Å². The lowest BCUT2D eigenvalue weighted by molar-refractivity contribution is 0.126. The average molecular weight is 340 g/mol. The summed E-state index contributed by atoms with van der Waals surface area (Å²) in [6.45, 7) is 3.19. The molecule has 0 aromatic heterocycles. The van der Waals surface area contributed by atoms with Gasteiger partial charge in [0, 0.05) is 6.54 Å². The molecular formula is C21H28N2O2. The van der Waals surface area contributed by atoms with Gasteiger partial charge in [-0.2, -0.15) is 0 Å². The van der Waals surface area contributed by atoms with E-state index >= 15 is 0 Å². The third-order valence-corrected chi connectivity index (χ3v) is 4.25. The van der Waals surface area contributed by atoms with Crippen LogP contribution in [0.2, 0.25) is 0 Å². The summed E-state index contributed by atoms with van der Waals surface area (Å²) in [6, 6.07) is 20.2. The van der Waals surface area contributed by atoms with Crippen LogP contribution < -0.4 is 5.32 Å². The van der Waals surface area contributed by atoms with Crippen LogP contribution in [0.25, 0.3) is 0 Å². The van der Waals surface area contributed by atoms with Crippen LogP contribution >= 0.6 is 0 Å². The van der Waals surface area contributed by atoms with Crippen molar-refractivity contribution in [3.8, 4) is 0 Å². The van der Waals surface area contributed by atoms with Crippen LogP contribution in [-0.4, -0.2) is 38.2 Å². The SMILES string of the molecule is CCCC(NC(=O)OCCN(C)C)(c1ccccc1)c1ccccc1. The zero-order valence-corrected chi connectivity index (χ0v) is 15.4. The first kappa shape index (κ1) is 19.0. The Bertz CT molecular complexity index is 602. The molecule has 0 heterocycles. The Morgan fingerprint density at radius 2 is 1.52 bits per heavy atom. The van der Waals surface area contributed by atoms with Crippen LogP contribution in [0.15, 0.2) is 60.7 Å². The Balaban J connectivity index is 2.32. The summed E-state index contributed by atoms with van der Waals surface area (Å²) < 4.78 is 5.41. The fourth-order valence-electron chi connectivity index (χ4n) is 3.01. The highest BCUT2D eigenvalue weighted by atomic mass is 16.5. The number of rotatable bonds is 8. The van der Waals surface area contributed by atoms with E-state index in [2.05, 4.69) is 36.5 Å². The molecule has 4 nitrogen and oxygen atoms in total. The van der Waals surface area contributed by atoms with Gasteiger partial charge in [-0.1, -0.05) is 74.0 Å². The van der Waals surface area contributed by atoms with Crippen molar-refractivity contribution >= 4 is 6.09 Å². The normalized spacial score (nSPS) is 11.4. The summed E-state index contributed by atoms with van der Waals surface area (Å²) in [5.41, 5.74) is 1.53. The van der Waals surface area contributed by atoms with E-state index in [9.17, 15) is 4.79 Å². The molecule has 0 aliphatic heterocycles. The van der Waals surface area contributed by atoms with Crippen molar-refractivity contribution in [1.82, 2.24) is 10.2 Å². The highest BCUT2D eigenvalue weighted by molar-refractivity contribution is 5.70. The summed E-state index contributed by atoms with van der Waals surface area (Å²) in [5.74, 6) is 0. The Hall–Kier alpha value is -2.33. The van der Waals surface area contributed by atoms with Gasteiger partial charge in [0.05, 0.1) is 5.54 Å². The van der Waals surface area contributed by atoms with Crippen molar-refractivity contribution in [2.24, 2.45) is 0 Å². The lowest BCUT2D eigenvalue weighted by atomic mass is 9.79. The van der Waals surface area contributed by atoms with Crippen molar-refractivity contribution in [1.29, 1.82) is 0 Å². The van der Waals surface area contributed by atoms with Gasteiger partial charge < -0.3 is 15.0 Å². The van der Waals surface area contributed by atoms with Gasteiger partial charge in [0.2, 0.25) is 0 Å². The van der Waals surface area contributed by atoms with Crippen LogP contribution in [0, 0.1) is 0 Å². The number of ether oxygens (including phenoxy) is 1. The van der Waals surface area contributed by atoms with E-state index in [0.29, 0.717) is 13.2 Å². The molecule has 2 rings (SSSR count). The summed E-state index contributed by atoms with van der Waals surface area (Å²) >= 11 is 0. The molecule has 0 aliphatic carbocycles. The first-order chi connectivity index (χ1) is 12.1. The summed E-state index contributed by atoms with van der Waals surface area (Å²) in [4.78, 5) is 14.5. The summed E-state index contributed by atoms with van der Waals surface area (Å²) in [7, 11) is 3.91. The van der Waals surface area contributed by atoms with E-state index in [-0.39, 0.29) is 6.09 Å². The fraction of sp³-hybridized carbons (Fsp3) is 0.381. The fourth-order valence-corrected chi connectivity index (χ4v) is 3.01. The van der Waals surface area contributed by atoms with Crippen molar-refractivity contribution in [3.63, 3.8) is 0 Å². The van der Waals surface area contributed by atoms with E-state index in [4.69, 9.17) is 4.74 Å². The van der Waals surface area contributed by atoms with E-state index in [1.54, 1.807) is 0 Å². The van der Waals surface area contributed by atoms with Crippen LogP contribution in [0.4, 0.5) is 4.79 Å². The lowest BCUT2D eigenvalue weighted by Gasteiger charge is -2.35. The van der Waals surface area contributed by atoms with Crippen LogP contribution in [0.3, 0.4) is 0 Å². The zero-order valence-electron chi connectivity index (χ0n) is 15.4. The van der Waals surface area contributed by atoms with E-state index < -0.39 is 5.54 Å². The lowest BCUT2D eigenvalue weighted by Crippen LogP contribution is -2.47. The monoisotopic (exact) mass is 340 g/mol. The van der Waals surface area contributed by atoms with Crippen molar-refractivity contribution in [2.75, 3.05) is 27.2 Å². The van der Waals surface area contributed by atoms with E-state index in [1.807, 2.05) is 55.4 Å². The topological polar surface area (TPSA) is 41.6 Å². The molecule has 2 aromatic rings. The molecule has 0 radical (unpaired) electrons. The molecule has 0 aliphatic rings. The molecule has 134 valence electrons. The maximum atomic E-state index is 12.5. The Labute approximate surface area is 150 Å². The third kappa shape index (κ3) is 5.07. The Morgan fingerprint density at radius 3 is 1.96 bits per heavy atom. The number of nitrogens with zero attached hydrogens (tertiary/aromatic N) is 1. The van der Waals surface area contributed by atoms with Gasteiger partial charge in [-0.25, -0.2) is 4.79 Å². The van der Waals surface area contributed by atoms with Gasteiger partial charge in [-0.15, -0.1) is 0 Å². The maximum absolute atomic E-state index is 12.5. The first-order valence-electron chi connectivity index (χ1n) is 8.79. The minimum absolute atomic E-state index is 0.366. The highest BCUT2D eigenvalue weighted by Crippen LogP contribution is 2.34. The molecule has 2 aromatic carbocycles. The molecule has 1 N–H and O–H groups in total. The second-order valence-electron chi connectivity index (χ2n) is 6.45. The van der Waals surface area contributed by atoms with Crippen molar-refractivity contribution in [2.45, 2.75) is 25.3 Å². The number of hydrogen-bond donors (Lipinski definition) is 1. The quantitative estimate of drug-likeness (QED) is 0.789. The first-order valence-corrected chi connectivity index (χ1v) is 8.79. The summed E-state index contributed by atoms with van der Waals surface area (Å²) in [5, 5.41) is 3.16. The molecule has 0 unspecified atom stereocenters. The van der Waals surface area contributed by atoms with Gasteiger partial charge >= 0.3 is 6.09 Å². The molecule has 0 spiro atoms. The van der Waals surface area contributed by atoms with Crippen molar-refractivity contribution < 1.29 is 9.53 Å². The standard InChI is InChI=1S/C21H28N2O2/c1-4-15-21(18-11-7-5-8-12-18,19-13-9-6-10-14-19)22-20(24)25-17-16-23(2)3/h5-14H,4,15-17H2,1-3H3,(H,22,24). The minimum atomic E-state index is -0.591. The number of likely N-dealkylation sites (N-methyl/N-ethyl adjacent to an activating group) is 1. The predicted molar refractivity (Wildman–Crippen MR) is 102 cm³/mol. The molecular weight excluding hydrogens is 312 g/mol.